The summed E-state index contributed by atoms with van der Waals surface area (Å²) in [6.07, 6.45) is 9.92. The van der Waals surface area contributed by atoms with Gasteiger partial charge in [-0.2, -0.15) is 0 Å². The fourth-order valence-corrected chi connectivity index (χ4v) is 4.24. The summed E-state index contributed by atoms with van der Waals surface area (Å²) in [6, 6.07) is 0.715. The van der Waals surface area contributed by atoms with Crippen molar-refractivity contribution in [2.45, 2.75) is 51.0 Å². The Morgan fingerprint density at radius 3 is 2.45 bits per heavy atom. The highest BCUT2D eigenvalue weighted by Gasteiger charge is 2.45. The maximum absolute atomic E-state index is 6.05. The average Bonchev–Trinajstić information content (AvgIpc) is 3.33. The van der Waals surface area contributed by atoms with Crippen molar-refractivity contribution in [1.29, 1.82) is 0 Å². The minimum Gasteiger partial charge on any atom is -0.380 e. The Morgan fingerprint density at radius 2 is 1.75 bits per heavy atom. The normalized spacial score (nSPS) is 33.9. The zero-order chi connectivity index (χ0) is 13.4. The fraction of sp³-hybridized carbons (Fsp3) is 1.00. The van der Waals surface area contributed by atoms with Gasteiger partial charge in [0.1, 0.15) is 0 Å². The van der Waals surface area contributed by atoms with Gasteiger partial charge in [0, 0.05) is 25.7 Å². The topological polar surface area (TPSA) is 24.5 Å². The molecule has 1 atom stereocenters. The molecular weight excluding hydrogens is 248 g/mol. The van der Waals surface area contributed by atoms with Crippen molar-refractivity contribution in [1.82, 2.24) is 10.2 Å². The zero-order valence-electron chi connectivity index (χ0n) is 12.8. The highest BCUT2D eigenvalue weighted by Crippen LogP contribution is 2.44. The second-order valence-electron chi connectivity index (χ2n) is 7.96. The van der Waals surface area contributed by atoms with Crippen molar-refractivity contribution in [3.8, 4) is 0 Å². The van der Waals surface area contributed by atoms with Crippen molar-refractivity contribution < 1.29 is 4.74 Å². The van der Waals surface area contributed by atoms with Crippen LogP contribution in [0.25, 0.3) is 0 Å². The van der Waals surface area contributed by atoms with Gasteiger partial charge < -0.3 is 10.1 Å². The standard InChI is InChI=1S/C17H30N2O/c1-2-14(1)10-19-13-17(5-7-18-8-6-17)9-16(19)12-20-11-15-3-4-15/h14-16,18H,1-13H2/t16-/m0/s1. The van der Waals surface area contributed by atoms with Crippen molar-refractivity contribution in [3.05, 3.63) is 0 Å². The summed E-state index contributed by atoms with van der Waals surface area (Å²) in [5, 5.41) is 3.54. The van der Waals surface area contributed by atoms with Crippen LogP contribution in [0, 0.1) is 17.3 Å². The van der Waals surface area contributed by atoms with Gasteiger partial charge >= 0.3 is 0 Å². The van der Waals surface area contributed by atoms with Crippen LogP contribution in [0.15, 0.2) is 0 Å². The minimum absolute atomic E-state index is 0.619. The van der Waals surface area contributed by atoms with Crippen LogP contribution in [-0.4, -0.2) is 50.3 Å². The van der Waals surface area contributed by atoms with Crippen molar-refractivity contribution >= 4 is 0 Å². The first kappa shape index (κ1) is 13.5. The van der Waals surface area contributed by atoms with Gasteiger partial charge in [0.25, 0.3) is 0 Å². The van der Waals surface area contributed by atoms with Gasteiger partial charge in [-0.1, -0.05) is 0 Å². The maximum Gasteiger partial charge on any atom is 0.0622 e. The molecule has 114 valence electrons. The molecule has 1 N–H and O–H groups in total. The Labute approximate surface area is 123 Å². The van der Waals surface area contributed by atoms with Gasteiger partial charge in [0.05, 0.1) is 6.61 Å². The summed E-state index contributed by atoms with van der Waals surface area (Å²) in [7, 11) is 0. The second kappa shape index (κ2) is 5.58. The largest absolute Gasteiger partial charge is 0.380 e. The van der Waals surface area contributed by atoms with Gasteiger partial charge in [0.15, 0.2) is 0 Å². The molecule has 2 saturated heterocycles. The summed E-state index contributed by atoms with van der Waals surface area (Å²) in [6.45, 7) is 7.19. The van der Waals surface area contributed by atoms with E-state index in [2.05, 4.69) is 10.2 Å². The molecule has 2 heterocycles. The van der Waals surface area contributed by atoms with E-state index < -0.39 is 0 Å². The van der Waals surface area contributed by atoms with Crippen molar-refractivity contribution in [2.24, 2.45) is 17.3 Å². The van der Waals surface area contributed by atoms with E-state index in [4.69, 9.17) is 4.74 Å². The molecule has 1 spiro atoms. The van der Waals surface area contributed by atoms with Gasteiger partial charge in [-0.15, -0.1) is 0 Å². The smallest absolute Gasteiger partial charge is 0.0622 e. The Bertz CT molecular complexity index is 332. The van der Waals surface area contributed by atoms with Crippen LogP contribution in [0.5, 0.6) is 0 Å². The summed E-state index contributed by atoms with van der Waals surface area (Å²) in [5.41, 5.74) is 0.619. The summed E-state index contributed by atoms with van der Waals surface area (Å²) < 4.78 is 6.05. The van der Waals surface area contributed by atoms with Crippen molar-refractivity contribution in [3.63, 3.8) is 0 Å². The van der Waals surface area contributed by atoms with E-state index in [1.54, 1.807) is 0 Å². The lowest BCUT2D eigenvalue weighted by Crippen LogP contribution is -2.39. The molecule has 0 radical (unpaired) electrons. The number of likely N-dealkylation sites (tertiary alicyclic amines) is 1. The molecule has 3 heteroatoms. The first-order chi connectivity index (χ1) is 9.83. The lowest BCUT2D eigenvalue weighted by Gasteiger charge is -2.33. The Hall–Kier alpha value is -0.120. The third-order valence-electron chi connectivity index (χ3n) is 5.94. The second-order valence-corrected chi connectivity index (χ2v) is 7.96. The van der Waals surface area contributed by atoms with E-state index in [9.17, 15) is 0 Å². The number of ether oxygens (including phenoxy) is 1. The molecule has 0 amide bonds. The highest BCUT2D eigenvalue weighted by atomic mass is 16.5. The summed E-state index contributed by atoms with van der Waals surface area (Å²) in [5.74, 6) is 1.92. The average molecular weight is 278 g/mol. The first-order valence-corrected chi connectivity index (χ1v) is 8.86. The Balaban J connectivity index is 1.34. The third-order valence-corrected chi connectivity index (χ3v) is 5.94. The monoisotopic (exact) mass is 278 g/mol. The molecule has 3 nitrogen and oxygen atoms in total. The molecule has 2 aliphatic heterocycles. The highest BCUT2D eigenvalue weighted by molar-refractivity contribution is 4.99. The molecule has 2 aliphatic carbocycles. The molecule has 0 bridgehead atoms. The van der Waals surface area contributed by atoms with Gasteiger partial charge in [-0.05, 0) is 75.3 Å². The number of nitrogens with zero attached hydrogens (tertiary/aromatic N) is 1. The molecule has 4 rings (SSSR count). The van der Waals surface area contributed by atoms with Gasteiger partial charge in [-0.3, -0.25) is 4.90 Å². The van der Waals surface area contributed by atoms with Crippen LogP contribution in [0.4, 0.5) is 0 Å². The molecule has 0 aromatic rings. The number of hydrogen-bond donors (Lipinski definition) is 1. The molecule has 2 saturated carbocycles. The fourth-order valence-electron chi connectivity index (χ4n) is 4.24. The quantitative estimate of drug-likeness (QED) is 0.806. The predicted octanol–water partition coefficient (Wildman–Crippen LogP) is 2.27. The lowest BCUT2D eigenvalue weighted by molar-refractivity contribution is 0.0692. The van der Waals surface area contributed by atoms with E-state index in [1.807, 2.05) is 0 Å². The summed E-state index contributed by atoms with van der Waals surface area (Å²) >= 11 is 0. The van der Waals surface area contributed by atoms with Crippen LogP contribution in [0.3, 0.4) is 0 Å². The Morgan fingerprint density at radius 1 is 1.00 bits per heavy atom. The van der Waals surface area contributed by atoms with Crippen LogP contribution < -0.4 is 5.32 Å². The lowest BCUT2D eigenvalue weighted by atomic mass is 9.77. The van der Waals surface area contributed by atoms with E-state index in [1.165, 1.54) is 71.1 Å². The maximum atomic E-state index is 6.05. The van der Waals surface area contributed by atoms with Crippen LogP contribution >= 0.6 is 0 Å². The number of piperidine rings is 1. The number of nitrogens with one attached hydrogen (secondary N) is 1. The molecule has 4 aliphatic rings. The minimum atomic E-state index is 0.619. The van der Waals surface area contributed by atoms with E-state index >= 15 is 0 Å². The van der Waals surface area contributed by atoms with E-state index in [0.717, 1.165) is 25.0 Å². The van der Waals surface area contributed by atoms with Crippen LogP contribution in [0.1, 0.15) is 44.9 Å². The number of hydrogen-bond acceptors (Lipinski definition) is 3. The first-order valence-electron chi connectivity index (χ1n) is 8.86. The van der Waals surface area contributed by atoms with E-state index in [-0.39, 0.29) is 0 Å². The van der Waals surface area contributed by atoms with Crippen molar-refractivity contribution in [2.75, 3.05) is 39.4 Å². The van der Waals surface area contributed by atoms with Crippen LogP contribution in [-0.2, 0) is 4.74 Å². The zero-order valence-corrected chi connectivity index (χ0v) is 12.8. The molecular formula is C17H30N2O. The van der Waals surface area contributed by atoms with E-state index in [0.29, 0.717) is 11.5 Å². The molecule has 0 aromatic carbocycles. The molecule has 4 fully saturated rings. The van der Waals surface area contributed by atoms with Gasteiger partial charge in [-0.25, -0.2) is 0 Å². The molecule has 0 unspecified atom stereocenters. The molecule has 20 heavy (non-hydrogen) atoms. The third kappa shape index (κ3) is 3.20. The SMILES string of the molecule is C1CC2(CCN1)C[C@@H](COCC1CC1)N(CC1CC1)C2. The van der Waals surface area contributed by atoms with Gasteiger partial charge in [0.2, 0.25) is 0 Å². The predicted molar refractivity (Wildman–Crippen MR) is 80.8 cm³/mol. The number of rotatable bonds is 6. The summed E-state index contributed by atoms with van der Waals surface area (Å²) in [4.78, 5) is 2.80. The molecule has 0 aromatic heterocycles. The van der Waals surface area contributed by atoms with Crippen LogP contribution in [0.2, 0.25) is 0 Å². The Kier molecular flexibility index (Phi) is 3.78.